The van der Waals surface area contributed by atoms with Crippen LogP contribution in [0, 0.1) is 11.3 Å². The fourth-order valence-electron chi connectivity index (χ4n) is 3.58. The molecule has 120 valence electrons. The lowest BCUT2D eigenvalue weighted by atomic mass is 9.79. The second-order valence-electron chi connectivity index (χ2n) is 7.49. The molecule has 1 saturated carbocycles. The van der Waals surface area contributed by atoms with Crippen LogP contribution in [0.4, 0.5) is 0 Å². The summed E-state index contributed by atoms with van der Waals surface area (Å²) in [6.07, 6.45) is 9.82. The molecule has 0 radical (unpaired) electrons. The van der Waals surface area contributed by atoms with Crippen LogP contribution < -0.4 is 5.32 Å². The molecule has 1 aliphatic rings. The van der Waals surface area contributed by atoms with E-state index in [1.54, 1.807) is 0 Å². The fourth-order valence-corrected chi connectivity index (χ4v) is 3.58. The Balaban J connectivity index is 2.65. The Morgan fingerprint density at radius 2 is 1.65 bits per heavy atom. The molecule has 2 heteroatoms. The van der Waals surface area contributed by atoms with E-state index in [9.17, 15) is 0 Å². The number of nitrogens with one attached hydrogen (secondary N) is 1. The van der Waals surface area contributed by atoms with Crippen LogP contribution in [0.15, 0.2) is 0 Å². The number of hydrogen-bond acceptors (Lipinski definition) is 2. The van der Waals surface area contributed by atoms with Crippen LogP contribution in [0.5, 0.6) is 0 Å². The summed E-state index contributed by atoms with van der Waals surface area (Å²) in [7, 11) is 2.33. The molecule has 0 heterocycles. The first-order chi connectivity index (χ1) is 9.51. The summed E-state index contributed by atoms with van der Waals surface area (Å²) in [5.41, 5.74) is 0.517. The summed E-state index contributed by atoms with van der Waals surface area (Å²) < 4.78 is 0. The molecule has 0 aromatic rings. The number of hydrogen-bond donors (Lipinski definition) is 1. The first-order valence-electron chi connectivity index (χ1n) is 8.92. The standard InChI is InChI=1S/C18H38N2/c1-6-13-19-14-18(11-9-7-8-10-12-18)15-20(5)17(4)16(2)3/h16-17,19H,6-15H2,1-5H3. The van der Waals surface area contributed by atoms with Gasteiger partial charge in [-0.25, -0.2) is 0 Å². The van der Waals surface area contributed by atoms with Crippen molar-refractivity contribution < 1.29 is 0 Å². The Bertz CT molecular complexity index is 242. The summed E-state index contributed by atoms with van der Waals surface area (Å²) in [6, 6.07) is 0.682. The minimum absolute atomic E-state index is 0.517. The van der Waals surface area contributed by atoms with E-state index in [1.807, 2.05) is 0 Å². The van der Waals surface area contributed by atoms with Crippen molar-refractivity contribution in [2.24, 2.45) is 11.3 Å². The van der Waals surface area contributed by atoms with Crippen molar-refractivity contribution in [2.75, 3.05) is 26.7 Å². The first-order valence-corrected chi connectivity index (χ1v) is 8.92. The summed E-state index contributed by atoms with van der Waals surface area (Å²) >= 11 is 0. The third-order valence-electron chi connectivity index (χ3n) is 5.34. The van der Waals surface area contributed by atoms with Crippen molar-refractivity contribution in [3.63, 3.8) is 0 Å². The summed E-state index contributed by atoms with van der Waals surface area (Å²) in [6.45, 7) is 13.0. The van der Waals surface area contributed by atoms with E-state index in [0.29, 0.717) is 11.5 Å². The molecule has 0 amide bonds. The molecular formula is C18H38N2. The van der Waals surface area contributed by atoms with Gasteiger partial charge in [-0.15, -0.1) is 0 Å². The van der Waals surface area contributed by atoms with Crippen molar-refractivity contribution in [3.05, 3.63) is 0 Å². The second-order valence-corrected chi connectivity index (χ2v) is 7.49. The fraction of sp³-hybridized carbons (Fsp3) is 1.00. The second kappa shape index (κ2) is 9.04. The summed E-state index contributed by atoms with van der Waals surface area (Å²) in [4.78, 5) is 2.61. The van der Waals surface area contributed by atoms with E-state index >= 15 is 0 Å². The van der Waals surface area contributed by atoms with E-state index in [2.05, 4.69) is 45.0 Å². The molecule has 0 aliphatic heterocycles. The largest absolute Gasteiger partial charge is 0.316 e. The molecule has 0 aromatic heterocycles. The summed E-state index contributed by atoms with van der Waals surface area (Å²) in [5.74, 6) is 0.742. The Morgan fingerprint density at radius 1 is 1.05 bits per heavy atom. The van der Waals surface area contributed by atoms with Crippen LogP contribution in [0.25, 0.3) is 0 Å². The van der Waals surface area contributed by atoms with Gasteiger partial charge in [0.2, 0.25) is 0 Å². The highest BCUT2D eigenvalue weighted by Gasteiger charge is 2.33. The van der Waals surface area contributed by atoms with Crippen molar-refractivity contribution in [2.45, 2.75) is 78.7 Å². The normalized spacial score (nSPS) is 21.1. The van der Waals surface area contributed by atoms with Gasteiger partial charge in [-0.3, -0.25) is 0 Å². The third kappa shape index (κ3) is 5.73. The molecule has 1 unspecified atom stereocenters. The van der Waals surface area contributed by atoms with Crippen LogP contribution in [-0.4, -0.2) is 37.6 Å². The maximum atomic E-state index is 3.72. The highest BCUT2D eigenvalue weighted by molar-refractivity contribution is 4.87. The minimum Gasteiger partial charge on any atom is -0.316 e. The van der Waals surface area contributed by atoms with Gasteiger partial charge in [0.1, 0.15) is 0 Å². The Hall–Kier alpha value is -0.0800. The molecule has 0 saturated heterocycles. The lowest BCUT2D eigenvalue weighted by molar-refractivity contribution is 0.103. The molecule has 1 aliphatic carbocycles. The molecule has 0 bridgehead atoms. The van der Waals surface area contributed by atoms with E-state index in [1.165, 1.54) is 64.6 Å². The Kier molecular flexibility index (Phi) is 8.13. The molecule has 20 heavy (non-hydrogen) atoms. The van der Waals surface area contributed by atoms with Gasteiger partial charge in [-0.05, 0) is 51.1 Å². The third-order valence-corrected chi connectivity index (χ3v) is 5.34. The molecule has 2 nitrogen and oxygen atoms in total. The molecular weight excluding hydrogens is 244 g/mol. The zero-order chi connectivity index (χ0) is 15.0. The number of rotatable bonds is 8. The van der Waals surface area contributed by atoms with Crippen LogP contribution >= 0.6 is 0 Å². The maximum Gasteiger partial charge on any atom is 0.00871 e. The van der Waals surface area contributed by atoms with Crippen molar-refractivity contribution in [1.82, 2.24) is 10.2 Å². The van der Waals surface area contributed by atoms with Crippen LogP contribution in [-0.2, 0) is 0 Å². The Morgan fingerprint density at radius 3 is 2.15 bits per heavy atom. The topological polar surface area (TPSA) is 15.3 Å². The quantitative estimate of drug-likeness (QED) is 0.527. The first kappa shape index (κ1) is 18.0. The van der Waals surface area contributed by atoms with Gasteiger partial charge in [0.15, 0.2) is 0 Å². The van der Waals surface area contributed by atoms with E-state index in [-0.39, 0.29) is 0 Å². The predicted molar refractivity (Wildman–Crippen MR) is 90.2 cm³/mol. The average molecular weight is 283 g/mol. The predicted octanol–water partition coefficient (Wildman–Crippen LogP) is 4.30. The van der Waals surface area contributed by atoms with Crippen molar-refractivity contribution >= 4 is 0 Å². The lowest BCUT2D eigenvalue weighted by Crippen LogP contribution is -2.46. The van der Waals surface area contributed by atoms with E-state index < -0.39 is 0 Å². The van der Waals surface area contributed by atoms with Crippen LogP contribution in [0.3, 0.4) is 0 Å². The van der Waals surface area contributed by atoms with Gasteiger partial charge in [0, 0.05) is 19.1 Å². The van der Waals surface area contributed by atoms with Gasteiger partial charge in [0.05, 0.1) is 0 Å². The van der Waals surface area contributed by atoms with Crippen molar-refractivity contribution in [3.8, 4) is 0 Å². The highest BCUT2D eigenvalue weighted by atomic mass is 15.1. The zero-order valence-electron chi connectivity index (χ0n) is 14.7. The number of nitrogens with zero attached hydrogens (tertiary/aromatic N) is 1. The van der Waals surface area contributed by atoms with Crippen molar-refractivity contribution in [1.29, 1.82) is 0 Å². The van der Waals surface area contributed by atoms with Crippen LogP contribution in [0.1, 0.15) is 72.6 Å². The maximum absolute atomic E-state index is 3.72. The molecule has 0 spiro atoms. The minimum atomic E-state index is 0.517. The van der Waals surface area contributed by atoms with Gasteiger partial charge in [-0.2, -0.15) is 0 Å². The Labute approximate surface area is 127 Å². The van der Waals surface area contributed by atoms with Gasteiger partial charge in [-0.1, -0.05) is 46.5 Å². The molecule has 1 N–H and O–H groups in total. The van der Waals surface area contributed by atoms with E-state index in [0.717, 1.165) is 5.92 Å². The molecule has 1 fully saturated rings. The monoisotopic (exact) mass is 282 g/mol. The summed E-state index contributed by atoms with van der Waals surface area (Å²) in [5, 5.41) is 3.72. The molecule has 0 aromatic carbocycles. The smallest absolute Gasteiger partial charge is 0.00871 e. The van der Waals surface area contributed by atoms with Gasteiger partial charge < -0.3 is 10.2 Å². The van der Waals surface area contributed by atoms with Gasteiger partial charge >= 0.3 is 0 Å². The SMILES string of the molecule is CCCNCC1(CN(C)C(C)C(C)C)CCCCCC1. The lowest BCUT2D eigenvalue weighted by Gasteiger charge is -2.40. The van der Waals surface area contributed by atoms with Gasteiger partial charge in [0.25, 0.3) is 0 Å². The average Bonchev–Trinajstić information content (AvgIpc) is 2.64. The molecule has 1 atom stereocenters. The zero-order valence-corrected chi connectivity index (χ0v) is 14.7. The molecule has 1 rings (SSSR count). The van der Waals surface area contributed by atoms with E-state index in [4.69, 9.17) is 0 Å². The van der Waals surface area contributed by atoms with Crippen LogP contribution in [0.2, 0.25) is 0 Å². The highest BCUT2D eigenvalue weighted by Crippen LogP contribution is 2.36.